The number of ether oxygens (including phenoxy) is 2. The number of nitrogens with zero attached hydrogens (tertiary/aromatic N) is 1. The topological polar surface area (TPSA) is 38.8 Å². The Morgan fingerprint density at radius 2 is 1.61 bits per heavy atom. The molecule has 0 radical (unpaired) electrons. The highest BCUT2D eigenvalue weighted by Gasteiger charge is 2.29. The Morgan fingerprint density at radius 1 is 0.893 bits per heavy atom. The summed E-state index contributed by atoms with van der Waals surface area (Å²) in [4.78, 5) is 15.1. The molecule has 0 saturated carbocycles. The summed E-state index contributed by atoms with van der Waals surface area (Å²) in [6.07, 6.45) is 0.958. The molecule has 0 aliphatic carbocycles. The largest absolute Gasteiger partial charge is 0.497 e. The van der Waals surface area contributed by atoms with Gasteiger partial charge < -0.3 is 14.4 Å². The summed E-state index contributed by atoms with van der Waals surface area (Å²) in [6.45, 7) is 1.46. The van der Waals surface area contributed by atoms with Crippen molar-refractivity contribution in [3.8, 4) is 17.2 Å². The standard InChI is InChI=1S/C24H23NO3/c1-27-20-13-11-18(12-14-20)19-15-16-25(17-19)24(26)22-9-5-6-10-23(22)28-21-7-3-2-4-8-21/h2-14,19H,15-17H2,1H3. The Labute approximate surface area is 165 Å². The molecule has 1 aliphatic rings. The molecule has 142 valence electrons. The van der Waals surface area contributed by atoms with Crippen molar-refractivity contribution in [1.82, 2.24) is 4.90 Å². The summed E-state index contributed by atoms with van der Waals surface area (Å²) in [5, 5.41) is 0. The number of hydrogen-bond acceptors (Lipinski definition) is 3. The van der Waals surface area contributed by atoms with Crippen molar-refractivity contribution in [3.05, 3.63) is 90.0 Å². The summed E-state index contributed by atoms with van der Waals surface area (Å²) in [5.74, 6) is 2.52. The van der Waals surface area contributed by atoms with Gasteiger partial charge in [0.25, 0.3) is 5.91 Å². The Balaban J connectivity index is 1.49. The maximum absolute atomic E-state index is 13.2. The van der Waals surface area contributed by atoms with Crippen LogP contribution >= 0.6 is 0 Å². The number of amides is 1. The molecule has 28 heavy (non-hydrogen) atoms. The number of carbonyl (C=O) groups is 1. The van der Waals surface area contributed by atoms with E-state index in [2.05, 4.69) is 12.1 Å². The van der Waals surface area contributed by atoms with Crippen molar-refractivity contribution in [2.75, 3.05) is 20.2 Å². The molecule has 4 rings (SSSR count). The number of methoxy groups -OCH3 is 1. The highest BCUT2D eigenvalue weighted by molar-refractivity contribution is 5.97. The summed E-state index contributed by atoms with van der Waals surface area (Å²) in [6, 6.07) is 25.1. The lowest BCUT2D eigenvalue weighted by Crippen LogP contribution is -2.28. The second-order valence-corrected chi connectivity index (χ2v) is 6.92. The fourth-order valence-electron chi connectivity index (χ4n) is 3.61. The van der Waals surface area contributed by atoms with Gasteiger partial charge in [-0.2, -0.15) is 0 Å². The highest BCUT2D eigenvalue weighted by atomic mass is 16.5. The summed E-state index contributed by atoms with van der Waals surface area (Å²) < 4.78 is 11.2. The summed E-state index contributed by atoms with van der Waals surface area (Å²) >= 11 is 0. The number of rotatable bonds is 5. The van der Waals surface area contributed by atoms with Gasteiger partial charge in [-0.15, -0.1) is 0 Å². The van der Waals surface area contributed by atoms with E-state index in [0.717, 1.165) is 24.5 Å². The van der Waals surface area contributed by atoms with E-state index in [-0.39, 0.29) is 5.91 Å². The first-order valence-corrected chi connectivity index (χ1v) is 9.50. The molecule has 4 heteroatoms. The average Bonchev–Trinajstić information content (AvgIpc) is 3.25. The monoisotopic (exact) mass is 373 g/mol. The lowest BCUT2D eigenvalue weighted by Gasteiger charge is -2.19. The van der Waals surface area contributed by atoms with Gasteiger partial charge >= 0.3 is 0 Å². The SMILES string of the molecule is COc1ccc(C2CCN(C(=O)c3ccccc3Oc3ccccc3)C2)cc1. The first kappa shape index (κ1) is 18.1. The van der Waals surface area contributed by atoms with E-state index in [4.69, 9.17) is 9.47 Å². The van der Waals surface area contributed by atoms with Crippen LogP contribution in [0, 0.1) is 0 Å². The molecule has 1 heterocycles. The molecule has 1 fully saturated rings. The fraction of sp³-hybridized carbons (Fsp3) is 0.208. The van der Waals surface area contributed by atoms with Crippen molar-refractivity contribution in [1.29, 1.82) is 0 Å². The van der Waals surface area contributed by atoms with Crippen molar-refractivity contribution >= 4 is 5.91 Å². The maximum Gasteiger partial charge on any atom is 0.257 e. The molecule has 3 aromatic rings. The third-order valence-corrected chi connectivity index (χ3v) is 5.15. The van der Waals surface area contributed by atoms with Gasteiger partial charge in [0, 0.05) is 19.0 Å². The van der Waals surface area contributed by atoms with Crippen LogP contribution in [0.3, 0.4) is 0 Å². The Bertz CT molecular complexity index is 938. The van der Waals surface area contributed by atoms with Crippen LogP contribution in [0.2, 0.25) is 0 Å². The summed E-state index contributed by atoms with van der Waals surface area (Å²) in [7, 11) is 1.67. The second kappa shape index (κ2) is 8.17. The van der Waals surface area contributed by atoms with E-state index in [1.165, 1.54) is 5.56 Å². The number of likely N-dealkylation sites (tertiary alicyclic amines) is 1. The number of benzene rings is 3. The molecule has 0 aromatic heterocycles. The normalized spacial score (nSPS) is 16.0. The fourth-order valence-corrected chi connectivity index (χ4v) is 3.61. The summed E-state index contributed by atoms with van der Waals surface area (Å²) in [5.41, 5.74) is 1.84. The van der Waals surface area contributed by atoms with Crippen molar-refractivity contribution in [2.45, 2.75) is 12.3 Å². The minimum Gasteiger partial charge on any atom is -0.497 e. The third-order valence-electron chi connectivity index (χ3n) is 5.15. The van der Waals surface area contributed by atoms with Crippen LogP contribution in [0.15, 0.2) is 78.9 Å². The molecule has 1 saturated heterocycles. The van der Waals surface area contributed by atoms with Crippen LogP contribution in [-0.4, -0.2) is 31.0 Å². The molecule has 0 N–H and O–H groups in total. The lowest BCUT2D eigenvalue weighted by molar-refractivity contribution is 0.0788. The highest BCUT2D eigenvalue weighted by Crippen LogP contribution is 2.32. The van der Waals surface area contributed by atoms with Gasteiger partial charge in [0.1, 0.15) is 17.2 Å². The lowest BCUT2D eigenvalue weighted by atomic mass is 9.98. The first-order chi connectivity index (χ1) is 13.7. The van der Waals surface area contributed by atoms with E-state index in [1.54, 1.807) is 7.11 Å². The minimum atomic E-state index is 0.0162. The van der Waals surface area contributed by atoms with Gasteiger partial charge in [0.15, 0.2) is 0 Å². The quantitative estimate of drug-likeness (QED) is 0.623. The van der Waals surface area contributed by atoms with Crippen LogP contribution in [0.25, 0.3) is 0 Å². The molecule has 1 amide bonds. The molecular formula is C24H23NO3. The number of carbonyl (C=O) groups excluding carboxylic acids is 1. The van der Waals surface area contributed by atoms with Crippen molar-refractivity contribution < 1.29 is 14.3 Å². The van der Waals surface area contributed by atoms with Crippen molar-refractivity contribution in [2.24, 2.45) is 0 Å². The van der Waals surface area contributed by atoms with E-state index in [0.29, 0.717) is 23.8 Å². The predicted octanol–water partition coefficient (Wildman–Crippen LogP) is 5.12. The zero-order chi connectivity index (χ0) is 19.3. The van der Waals surface area contributed by atoms with Crippen LogP contribution in [-0.2, 0) is 0 Å². The van der Waals surface area contributed by atoms with Gasteiger partial charge in [-0.1, -0.05) is 42.5 Å². The molecule has 1 atom stereocenters. The van der Waals surface area contributed by atoms with Gasteiger partial charge in [-0.3, -0.25) is 4.79 Å². The van der Waals surface area contributed by atoms with E-state index >= 15 is 0 Å². The Kier molecular flexibility index (Phi) is 5.29. The molecule has 0 spiro atoms. The van der Waals surface area contributed by atoms with E-state index in [1.807, 2.05) is 71.6 Å². The first-order valence-electron chi connectivity index (χ1n) is 9.50. The minimum absolute atomic E-state index is 0.0162. The van der Waals surface area contributed by atoms with Gasteiger partial charge in [0.2, 0.25) is 0 Å². The molecule has 0 bridgehead atoms. The molecular weight excluding hydrogens is 350 g/mol. The van der Waals surface area contributed by atoms with Crippen LogP contribution in [0.5, 0.6) is 17.2 Å². The second-order valence-electron chi connectivity index (χ2n) is 6.92. The van der Waals surface area contributed by atoms with Crippen LogP contribution < -0.4 is 9.47 Å². The van der Waals surface area contributed by atoms with E-state index in [9.17, 15) is 4.79 Å². The maximum atomic E-state index is 13.2. The van der Waals surface area contributed by atoms with Crippen LogP contribution in [0.4, 0.5) is 0 Å². The average molecular weight is 373 g/mol. The number of para-hydroxylation sites is 2. The van der Waals surface area contributed by atoms with Crippen molar-refractivity contribution in [3.63, 3.8) is 0 Å². The molecule has 3 aromatic carbocycles. The van der Waals surface area contributed by atoms with Crippen LogP contribution in [0.1, 0.15) is 28.3 Å². The zero-order valence-corrected chi connectivity index (χ0v) is 15.9. The Hall–Kier alpha value is -3.27. The number of hydrogen-bond donors (Lipinski definition) is 0. The third kappa shape index (κ3) is 3.86. The van der Waals surface area contributed by atoms with Gasteiger partial charge in [0.05, 0.1) is 12.7 Å². The molecule has 1 unspecified atom stereocenters. The van der Waals surface area contributed by atoms with Gasteiger partial charge in [-0.25, -0.2) is 0 Å². The Morgan fingerprint density at radius 3 is 2.36 bits per heavy atom. The van der Waals surface area contributed by atoms with E-state index < -0.39 is 0 Å². The molecule has 4 nitrogen and oxygen atoms in total. The van der Waals surface area contributed by atoms with Gasteiger partial charge in [-0.05, 0) is 48.4 Å². The zero-order valence-electron chi connectivity index (χ0n) is 15.9. The predicted molar refractivity (Wildman–Crippen MR) is 109 cm³/mol. The smallest absolute Gasteiger partial charge is 0.257 e. The molecule has 1 aliphatic heterocycles.